The zero-order chi connectivity index (χ0) is 27.5. The Kier molecular flexibility index (Phi) is 8.17. The van der Waals surface area contributed by atoms with Crippen molar-refractivity contribution in [3.05, 3.63) is 82.9 Å². The number of methoxy groups -OCH3 is 1. The topological polar surface area (TPSA) is 110 Å². The van der Waals surface area contributed by atoms with Gasteiger partial charge in [0.1, 0.15) is 30.7 Å². The van der Waals surface area contributed by atoms with E-state index in [-0.39, 0.29) is 17.5 Å². The summed E-state index contributed by atoms with van der Waals surface area (Å²) in [5, 5.41) is 5.51. The number of oxime groups is 1. The number of aryl methyl sites for hydroxylation is 1. The number of aromatic nitrogens is 2. The van der Waals surface area contributed by atoms with Crippen LogP contribution in [0.4, 0.5) is 5.82 Å². The van der Waals surface area contributed by atoms with Gasteiger partial charge in [-0.15, -0.1) is 5.16 Å². The van der Waals surface area contributed by atoms with Crippen molar-refractivity contribution in [3.63, 3.8) is 0 Å². The highest BCUT2D eigenvalue weighted by Crippen LogP contribution is 2.42. The minimum atomic E-state index is -3.00. The molecule has 1 aliphatic heterocycles. The van der Waals surface area contributed by atoms with Crippen molar-refractivity contribution in [2.75, 3.05) is 19.5 Å². The third-order valence-corrected chi connectivity index (χ3v) is 12.1. The van der Waals surface area contributed by atoms with Gasteiger partial charge in [0.2, 0.25) is 0 Å². The third kappa shape index (κ3) is 5.04. The largest absolute Gasteiger partial charge is 0.399 e. The summed E-state index contributed by atoms with van der Waals surface area (Å²) in [6, 6.07) is 20.6. The zero-order valence-corrected chi connectivity index (χ0v) is 23.5. The maximum atomic E-state index is 12.9. The molecule has 0 saturated carbocycles. The van der Waals surface area contributed by atoms with Gasteiger partial charge in [-0.1, -0.05) is 81.4 Å². The van der Waals surface area contributed by atoms with Crippen molar-refractivity contribution in [1.82, 2.24) is 9.55 Å². The highest BCUT2D eigenvalue weighted by molar-refractivity contribution is 6.99. The van der Waals surface area contributed by atoms with Crippen LogP contribution in [0.25, 0.3) is 0 Å². The Bertz CT molecular complexity index is 1260. The van der Waals surface area contributed by atoms with Gasteiger partial charge >= 0.3 is 5.69 Å². The smallest absolute Gasteiger partial charge is 0.351 e. The number of ether oxygens (including phenoxy) is 2. The molecular weight excluding hydrogens is 500 g/mol. The summed E-state index contributed by atoms with van der Waals surface area (Å²) in [5.41, 5.74) is 6.00. The quantitative estimate of drug-likeness (QED) is 0.254. The molecule has 9 nitrogen and oxygen atoms in total. The molecule has 0 amide bonds. The molecule has 1 fully saturated rings. The fraction of sp³-hybridized carbons (Fsp3) is 0.393. The van der Waals surface area contributed by atoms with E-state index in [0.717, 1.165) is 10.4 Å². The number of benzene rings is 2. The van der Waals surface area contributed by atoms with E-state index >= 15 is 0 Å². The minimum absolute atomic E-state index is 0.0683. The molecule has 38 heavy (non-hydrogen) atoms. The second kappa shape index (κ2) is 11.2. The van der Waals surface area contributed by atoms with Crippen molar-refractivity contribution in [1.29, 1.82) is 0 Å². The van der Waals surface area contributed by atoms with E-state index in [2.05, 4.69) is 61.9 Å². The van der Waals surface area contributed by atoms with Gasteiger partial charge in [-0.2, -0.15) is 4.98 Å². The molecule has 0 radical (unpaired) electrons. The lowest BCUT2D eigenvalue weighted by atomic mass is 10.1. The van der Waals surface area contributed by atoms with E-state index in [1.54, 1.807) is 20.2 Å². The molecule has 1 aromatic heterocycles. The number of nitrogens with zero attached hydrogens (tertiary/aromatic N) is 3. The van der Waals surface area contributed by atoms with Crippen LogP contribution in [0.5, 0.6) is 0 Å². The van der Waals surface area contributed by atoms with Crippen LogP contribution < -0.4 is 21.8 Å². The van der Waals surface area contributed by atoms with Crippen LogP contribution in [0.3, 0.4) is 0 Å². The van der Waals surface area contributed by atoms with Gasteiger partial charge in [0.05, 0.1) is 0 Å². The Hall–Kier alpha value is -3.31. The Balaban J connectivity index is 1.89. The lowest BCUT2D eigenvalue weighted by Crippen LogP contribution is -2.69. The predicted molar refractivity (Wildman–Crippen MR) is 150 cm³/mol. The normalized spacial score (nSPS) is 21.8. The highest BCUT2D eigenvalue weighted by atomic mass is 28.4. The van der Waals surface area contributed by atoms with Crippen LogP contribution in [0.2, 0.25) is 5.04 Å². The molecule has 2 heterocycles. The summed E-state index contributed by atoms with van der Waals surface area (Å²) in [5.74, 6) is 0.175. The maximum absolute atomic E-state index is 12.9. The first-order chi connectivity index (χ1) is 18.1. The van der Waals surface area contributed by atoms with Crippen LogP contribution in [-0.4, -0.2) is 56.6 Å². The molecule has 2 aromatic carbocycles. The molecule has 1 saturated heterocycles. The third-order valence-electron chi connectivity index (χ3n) is 7.07. The average Bonchev–Trinajstić information content (AvgIpc) is 3.24. The summed E-state index contributed by atoms with van der Waals surface area (Å²) >= 11 is 0. The monoisotopic (exact) mass is 536 g/mol. The van der Waals surface area contributed by atoms with Gasteiger partial charge in [-0.05, 0) is 22.3 Å². The Morgan fingerprint density at radius 3 is 2.16 bits per heavy atom. The van der Waals surface area contributed by atoms with E-state index in [0.29, 0.717) is 5.56 Å². The van der Waals surface area contributed by atoms with Crippen molar-refractivity contribution in [2.45, 2.75) is 57.3 Å². The molecule has 0 aliphatic carbocycles. The van der Waals surface area contributed by atoms with E-state index in [9.17, 15) is 4.79 Å². The van der Waals surface area contributed by atoms with Crippen molar-refractivity contribution >= 4 is 31.2 Å². The van der Waals surface area contributed by atoms with Crippen LogP contribution in [0.1, 0.15) is 32.6 Å². The fourth-order valence-electron chi connectivity index (χ4n) is 5.24. The number of hydrogen-bond acceptors (Lipinski definition) is 8. The van der Waals surface area contributed by atoms with Crippen molar-refractivity contribution < 1.29 is 18.7 Å². The zero-order valence-electron chi connectivity index (χ0n) is 22.5. The van der Waals surface area contributed by atoms with Crippen molar-refractivity contribution in [2.24, 2.45) is 5.16 Å². The second-order valence-electron chi connectivity index (χ2n) is 10.4. The molecule has 0 bridgehead atoms. The Morgan fingerprint density at radius 1 is 1.08 bits per heavy atom. The van der Waals surface area contributed by atoms with Crippen LogP contribution in [0, 0.1) is 6.92 Å². The molecule has 10 heteroatoms. The van der Waals surface area contributed by atoms with Crippen LogP contribution in [-0.2, 0) is 18.7 Å². The first-order valence-electron chi connectivity index (χ1n) is 12.5. The molecule has 4 rings (SSSR count). The Labute approximate surface area is 224 Å². The van der Waals surface area contributed by atoms with Gasteiger partial charge in [0, 0.05) is 25.6 Å². The van der Waals surface area contributed by atoms with E-state index < -0.39 is 38.5 Å². The summed E-state index contributed by atoms with van der Waals surface area (Å²) in [4.78, 5) is 22.2. The highest BCUT2D eigenvalue weighted by Gasteiger charge is 2.57. The van der Waals surface area contributed by atoms with Crippen LogP contribution >= 0.6 is 0 Å². The van der Waals surface area contributed by atoms with Crippen molar-refractivity contribution in [3.8, 4) is 0 Å². The van der Waals surface area contributed by atoms with Gasteiger partial charge in [0.25, 0.3) is 8.32 Å². The first kappa shape index (κ1) is 27.7. The molecule has 0 spiro atoms. The number of rotatable bonds is 9. The number of hydrogen-bond donors (Lipinski definition) is 1. The second-order valence-corrected chi connectivity index (χ2v) is 14.7. The summed E-state index contributed by atoms with van der Waals surface area (Å²) < 4.78 is 21.2. The van der Waals surface area contributed by atoms with Gasteiger partial charge in [-0.3, -0.25) is 4.57 Å². The maximum Gasteiger partial charge on any atom is 0.351 e. The van der Waals surface area contributed by atoms with E-state index in [1.807, 2.05) is 36.4 Å². The molecule has 3 aromatic rings. The summed E-state index contributed by atoms with van der Waals surface area (Å²) in [6.45, 7) is 11.9. The standard InChI is InChI=1S/C28H36N4O5Si/c1-19-17-32(27(33)31-25(19)29)26-24(34-6)23(22(36-26)18-35-30-5)37-38(28(2,3)4,20-13-9-7-10-14-20)21-15-11-8-12-16-21/h7-17,22-24,26H,5,18H2,1-4,6H3,(H2,29,31,33)/t22-,23-,24-,26-/m1/s1. The van der Waals surface area contributed by atoms with Gasteiger partial charge in [0.15, 0.2) is 6.23 Å². The molecular formula is C28H36N4O5Si. The molecule has 4 atom stereocenters. The molecule has 0 unspecified atom stereocenters. The molecule has 1 aliphatic rings. The summed E-state index contributed by atoms with van der Waals surface area (Å²) in [7, 11) is -1.42. The predicted octanol–water partition coefficient (Wildman–Crippen LogP) is 2.62. The summed E-state index contributed by atoms with van der Waals surface area (Å²) in [6.07, 6.45) is -1.06. The van der Waals surface area contributed by atoms with E-state index in [1.165, 1.54) is 4.57 Å². The molecule has 2 N–H and O–H groups in total. The SMILES string of the molecule is C=NOC[C@H]1O[C@@H](n2cc(C)c(N)nc2=O)[C@H](OC)[C@@H]1O[Si](c1ccccc1)(c1ccccc1)C(C)(C)C. The molecule has 202 valence electrons. The Morgan fingerprint density at radius 2 is 1.66 bits per heavy atom. The van der Waals surface area contributed by atoms with Gasteiger partial charge < -0.3 is 24.5 Å². The lowest BCUT2D eigenvalue weighted by molar-refractivity contribution is -0.0713. The van der Waals surface area contributed by atoms with E-state index in [4.69, 9.17) is 24.5 Å². The number of anilines is 1. The van der Waals surface area contributed by atoms with Crippen LogP contribution in [0.15, 0.2) is 76.8 Å². The minimum Gasteiger partial charge on any atom is -0.399 e. The number of nitrogens with two attached hydrogens (primary N) is 1. The lowest BCUT2D eigenvalue weighted by Gasteiger charge is -2.45. The van der Waals surface area contributed by atoms with Gasteiger partial charge in [-0.25, -0.2) is 4.79 Å². The first-order valence-corrected chi connectivity index (χ1v) is 14.4. The number of nitrogen functional groups attached to an aromatic ring is 1. The fourth-order valence-corrected chi connectivity index (χ4v) is 9.95. The average molecular weight is 537 g/mol.